The molecule has 3 aromatic rings. The lowest BCUT2D eigenvalue weighted by atomic mass is 10.1. The third-order valence-corrected chi connectivity index (χ3v) is 6.39. The van der Waals surface area contributed by atoms with Gasteiger partial charge in [0.25, 0.3) is 15.9 Å². The summed E-state index contributed by atoms with van der Waals surface area (Å²) >= 11 is 0. The monoisotopic (exact) mass is 497 g/mol. The first-order valence-corrected chi connectivity index (χ1v) is 12.4. The molecule has 9 nitrogen and oxygen atoms in total. The van der Waals surface area contributed by atoms with Crippen molar-refractivity contribution < 1.29 is 27.5 Å². The van der Waals surface area contributed by atoms with Gasteiger partial charge in [-0.3, -0.25) is 19.3 Å². The number of methoxy groups -OCH3 is 1. The van der Waals surface area contributed by atoms with E-state index in [0.717, 1.165) is 5.56 Å². The highest BCUT2D eigenvalue weighted by molar-refractivity contribution is 7.92. The number of esters is 1. The second-order valence-electron chi connectivity index (χ2n) is 7.50. The van der Waals surface area contributed by atoms with Gasteiger partial charge in [0.1, 0.15) is 5.75 Å². The summed E-state index contributed by atoms with van der Waals surface area (Å²) in [4.78, 5) is 30.7. The smallest absolute Gasteiger partial charge is 0.307 e. The molecule has 10 heteroatoms. The minimum atomic E-state index is -3.95. The molecule has 0 aliphatic carbocycles. The Morgan fingerprint density at radius 1 is 1.06 bits per heavy atom. The van der Waals surface area contributed by atoms with Crippen LogP contribution in [0.1, 0.15) is 29.3 Å². The molecule has 0 aliphatic heterocycles. The van der Waals surface area contributed by atoms with Gasteiger partial charge in [-0.1, -0.05) is 12.1 Å². The number of sulfonamides is 1. The number of nitrogens with zero attached hydrogens (tertiary/aromatic N) is 2. The Bertz CT molecular complexity index is 1250. The fourth-order valence-corrected chi connectivity index (χ4v) is 4.38. The molecule has 0 atom stereocenters. The van der Waals surface area contributed by atoms with Crippen LogP contribution in [0, 0.1) is 0 Å². The number of nitrogens with one attached hydrogen (secondary N) is 1. The van der Waals surface area contributed by atoms with Crippen LogP contribution >= 0.6 is 0 Å². The molecule has 0 fully saturated rings. The SMILES string of the molecule is CCOC(=O)CCN(Cc1cccnc1)C(=O)c1cccc(S(=O)(=O)Nc2ccc(OC)cc2)c1. The first kappa shape index (κ1) is 25.7. The minimum absolute atomic E-state index is 0.0108. The minimum Gasteiger partial charge on any atom is -0.497 e. The maximum Gasteiger partial charge on any atom is 0.307 e. The van der Waals surface area contributed by atoms with E-state index in [-0.39, 0.29) is 36.6 Å². The van der Waals surface area contributed by atoms with E-state index < -0.39 is 21.9 Å². The lowest BCUT2D eigenvalue weighted by molar-refractivity contribution is -0.143. The zero-order valence-electron chi connectivity index (χ0n) is 19.5. The Labute approximate surface area is 204 Å². The Morgan fingerprint density at radius 2 is 1.83 bits per heavy atom. The average molecular weight is 498 g/mol. The summed E-state index contributed by atoms with van der Waals surface area (Å²) in [5, 5.41) is 0. The van der Waals surface area contributed by atoms with Crippen LogP contribution in [0.5, 0.6) is 5.75 Å². The number of aromatic nitrogens is 1. The molecule has 1 amide bonds. The van der Waals surface area contributed by atoms with Crippen LogP contribution in [0.3, 0.4) is 0 Å². The summed E-state index contributed by atoms with van der Waals surface area (Å²) < 4.78 is 38.4. The first-order valence-electron chi connectivity index (χ1n) is 10.9. The molecule has 0 saturated carbocycles. The number of carbonyl (C=O) groups excluding carboxylic acids is 2. The van der Waals surface area contributed by atoms with Crippen molar-refractivity contribution in [3.8, 4) is 5.75 Å². The molecule has 3 rings (SSSR count). The van der Waals surface area contributed by atoms with Crippen molar-refractivity contribution in [1.82, 2.24) is 9.88 Å². The van der Waals surface area contributed by atoms with Crippen molar-refractivity contribution in [1.29, 1.82) is 0 Å². The highest BCUT2D eigenvalue weighted by atomic mass is 32.2. The van der Waals surface area contributed by atoms with E-state index in [1.54, 1.807) is 49.6 Å². The van der Waals surface area contributed by atoms with Crippen molar-refractivity contribution in [2.45, 2.75) is 24.8 Å². The number of hydrogen-bond donors (Lipinski definition) is 1. The molecule has 35 heavy (non-hydrogen) atoms. The van der Waals surface area contributed by atoms with Gasteiger partial charge in [0.05, 0.1) is 25.0 Å². The maximum atomic E-state index is 13.4. The summed E-state index contributed by atoms with van der Waals surface area (Å²) in [5.74, 6) is -0.242. The number of ether oxygens (including phenoxy) is 2. The van der Waals surface area contributed by atoms with E-state index in [0.29, 0.717) is 11.4 Å². The zero-order chi connectivity index (χ0) is 25.3. The largest absolute Gasteiger partial charge is 0.497 e. The average Bonchev–Trinajstić information content (AvgIpc) is 2.87. The Balaban J connectivity index is 1.82. The fraction of sp³-hybridized carbons (Fsp3) is 0.240. The molecular formula is C25H27N3O6S. The summed E-state index contributed by atoms with van der Waals surface area (Å²) in [6.45, 7) is 2.26. The number of benzene rings is 2. The van der Waals surface area contributed by atoms with Crippen molar-refractivity contribution in [3.05, 3.63) is 84.2 Å². The highest BCUT2D eigenvalue weighted by Gasteiger charge is 2.21. The van der Waals surface area contributed by atoms with Crippen LogP contribution in [0.2, 0.25) is 0 Å². The molecule has 0 spiro atoms. The molecule has 1 heterocycles. The number of amides is 1. The molecule has 2 aromatic carbocycles. The number of pyridine rings is 1. The number of hydrogen-bond acceptors (Lipinski definition) is 7. The predicted molar refractivity (Wildman–Crippen MR) is 130 cm³/mol. The lowest BCUT2D eigenvalue weighted by Gasteiger charge is -2.23. The van der Waals surface area contributed by atoms with Crippen LogP contribution in [-0.4, -0.2) is 50.4 Å². The molecule has 0 aliphatic rings. The molecule has 0 bridgehead atoms. The van der Waals surface area contributed by atoms with Gasteiger partial charge in [0.2, 0.25) is 0 Å². The van der Waals surface area contributed by atoms with Crippen LogP contribution in [0.15, 0.2) is 78.0 Å². The highest BCUT2D eigenvalue weighted by Crippen LogP contribution is 2.21. The molecular weight excluding hydrogens is 470 g/mol. The molecule has 0 radical (unpaired) electrons. The van der Waals surface area contributed by atoms with Crippen molar-refractivity contribution in [3.63, 3.8) is 0 Å². The quantitative estimate of drug-likeness (QED) is 0.403. The van der Waals surface area contributed by atoms with Gasteiger partial charge in [-0.15, -0.1) is 0 Å². The van der Waals surface area contributed by atoms with E-state index in [1.165, 1.54) is 36.3 Å². The summed E-state index contributed by atoms with van der Waals surface area (Å²) in [5.41, 5.74) is 1.31. The fourth-order valence-electron chi connectivity index (χ4n) is 3.28. The zero-order valence-corrected chi connectivity index (χ0v) is 20.3. The van der Waals surface area contributed by atoms with Crippen molar-refractivity contribution in [2.24, 2.45) is 0 Å². The van der Waals surface area contributed by atoms with Gasteiger partial charge in [-0.25, -0.2) is 8.42 Å². The van der Waals surface area contributed by atoms with Crippen LogP contribution in [0.4, 0.5) is 5.69 Å². The van der Waals surface area contributed by atoms with Gasteiger partial charge in [-0.2, -0.15) is 0 Å². The van der Waals surface area contributed by atoms with Crippen LogP contribution in [-0.2, 0) is 26.1 Å². The molecule has 0 saturated heterocycles. The molecule has 1 N–H and O–H groups in total. The third kappa shape index (κ3) is 7.28. The van der Waals surface area contributed by atoms with E-state index in [9.17, 15) is 18.0 Å². The normalized spacial score (nSPS) is 10.9. The van der Waals surface area contributed by atoms with Gasteiger partial charge in [0.15, 0.2) is 0 Å². The number of carbonyl (C=O) groups is 2. The second-order valence-corrected chi connectivity index (χ2v) is 9.19. The summed E-state index contributed by atoms with van der Waals surface area (Å²) in [7, 11) is -2.43. The Kier molecular flexibility index (Phi) is 8.80. The predicted octanol–water partition coefficient (Wildman–Crippen LogP) is 3.49. The van der Waals surface area contributed by atoms with Crippen molar-refractivity contribution >= 4 is 27.6 Å². The van der Waals surface area contributed by atoms with E-state index >= 15 is 0 Å². The van der Waals surface area contributed by atoms with E-state index in [4.69, 9.17) is 9.47 Å². The van der Waals surface area contributed by atoms with Crippen LogP contribution in [0.25, 0.3) is 0 Å². The van der Waals surface area contributed by atoms with Crippen LogP contribution < -0.4 is 9.46 Å². The topological polar surface area (TPSA) is 115 Å². The molecule has 184 valence electrons. The van der Waals surface area contributed by atoms with E-state index in [1.807, 2.05) is 6.07 Å². The maximum absolute atomic E-state index is 13.4. The Hall–Kier alpha value is -3.92. The lowest BCUT2D eigenvalue weighted by Crippen LogP contribution is -2.33. The van der Waals surface area contributed by atoms with Gasteiger partial charge in [0, 0.05) is 36.7 Å². The molecule has 1 aromatic heterocycles. The number of rotatable bonds is 11. The van der Waals surface area contributed by atoms with Gasteiger partial charge >= 0.3 is 5.97 Å². The number of anilines is 1. The second kappa shape index (κ2) is 12.0. The van der Waals surface area contributed by atoms with Gasteiger partial charge in [-0.05, 0) is 61.0 Å². The third-order valence-electron chi connectivity index (χ3n) is 5.01. The summed E-state index contributed by atoms with van der Waals surface area (Å²) in [6, 6.07) is 15.8. The Morgan fingerprint density at radius 3 is 2.49 bits per heavy atom. The summed E-state index contributed by atoms with van der Waals surface area (Å²) in [6.07, 6.45) is 3.26. The molecule has 0 unspecified atom stereocenters. The van der Waals surface area contributed by atoms with Gasteiger partial charge < -0.3 is 14.4 Å². The first-order chi connectivity index (χ1) is 16.8. The van der Waals surface area contributed by atoms with E-state index in [2.05, 4.69) is 9.71 Å². The standard InChI is InChI=1S/C25H27N3O6S/c1-3-34-24(29)13-15-28(18-19-6-5-14-26-17-19)25(30)20-7-4-8-23(16-20)35(31,32)27-21-9-11-22(33-2)12-10-21/h4-12,14,16-17,27H,3,13,15,18H2,1-2H3. The van der Waals surface area contributed by atoms with Crippen molar-refractivity contribution in [2.75, 3.05) is 25.0 Å².